The number of rotatable bonds is 5. The van der Waals surface area contributed by atoms with Crippen molar-refractivity contribution in [1.29, 1.82) is 0 Å². The van der Waals surface area contributed by atoms with E-state index < -0.39 is 0 Å². The van der Waals surface area contributed by atoms with Gasteiger partial charge in [-0.1, -0.05) is 0 Å². The number of aromatic nitrogens is 1. The summed E-state index contributed by atoms with van der Waals surface area (Å²) in [5, 5.41) is 14.1. The Hall–Kier alpha value is -2.86. The summed E-state index contributed by atoms with van der Waals surface area (Å²) in [7, 11) is 0. The van der Waals surface area contributed by atoms with Crippen LogP contribution in [-0.4, -0.2) is 35.5 Å². The molecule has 0 bridgehead atoms. The van der Waals surface area contributed by atoms with Gasteiger partial charge in [0.15, 0.2) is 5.88 Å². The van der Waals surface area contributed by atoms with Gasteiger partial charge in [0.2, 0.25) is 0 Å². The largest absolute Gasteiger partial charge is 0.494 e. The van der Waals surface area contributed by atoms with Gasteiger partial charge in [0.1, 0.15) is 11.6 Å². The van der Waals surface area contributed by atoms with E-state index in [4.69, 9.17) is 4.74 Å². The van der Waals surface area contributed by atoms with Gasteiger partial charge in [-0.05, 0) is 68.8 Å². The summed E-state index contributed by atoms with van der Waals surface area (Å²) in [6.45, 7) is 4.20. The lowest BCUT2D eigenvalue weighted by molar-refractivity contribution is 0.131. The topological polar surface area (TPSA) is 69.6 Å². The van der Waals surface area contributed by atoms with E-state index >= 15 is 0 Å². The van der Waals surface area contributed by atoms with Crippen LogP contribution in [0, 0.1) is 11.7 Å². The van der Waals surface area contributed by atoms with Crippen LogP contribution in [0.1, 0.15) is 25.3 Å². The molecule has 6 heteroatoms. The Labute approximate surface area is 163 Å². The minimum absolute atomic E-state index is 0.0285. The highest BCUT2D eigenvalue weighted by molar-refractivity contribution is 6.02. The Kier molecular flexibility index (Phi) is 5.30. The van der Waals surface area contributed by atoms with Gasteiger partial charge in [0, 0.05) is 29.6 Å². The summed E-state index contributed by atoms with van der Waals surface area (Å²) in [6, 6.07) is 11.8. The zero-order valence-corrected chi connectivity index (χ0v) is 15.8. The number of aromatic hydroxyl groups is 1. The highest BCUT2D eigenvalue weighted by Gasteiger charge is 2.21. The third kappa shape index (κ3) is 4.02. The van der Waals surface area contributed by atoms with Crippen molar-refractivity contribution in [3.8, 4) is 11.6 Å². The molecule has 0 radical (unpaired) electrons. The molecule has 1 aromatic heterocycles. The molecule has 1 aliphatic heterocycles. The van der Waals surface area contributed by atoms with Crippen molar-refractivity contribution >= 4 is 22.8 Å². The first-order valence-electron chi connectivity index (χ1n) is 9.62. The van der Waals surface area contributed by atoms with Gasteiger partial charge in [-0.15, -0.1) is 0 Å². The Bertz CT molecular complexity index is 975. The van der Waals surface area contributed by atoms with E-state index in [1.165, 1.54) is 25.0 Å². The number of benzene rings is 2. The zero-order valence-electron chi connectivity index (χ0n) is 15.8. The van der Waals surface area contributed by atoms with Crippen molar-refractivity contribution in [2.75, 3.05) is 13.1 Å². The molecule has 2 heterocycles. The van der Waals surface area contributed by atoms with Crippen molar-refractivity contribution < 1.29 is 14.2 Å². The lowest BCUT2D eigenvalue weighted by Gasteiger charge is -2.28. The maximum atomic E-state index is 13.5. The number of aromatic amines is 1. The SMILES string of the molecule is CC(Oc1ccc(N=Cc2c(O)[nH]c3ccc(F)cc23)cc1)C1CCCNC1. The predicted octanol–water partition coefficient (Wildman–Crippen LogP) is 4.53. The number of piperidine rings is 1. The third-order valence-electron chi connectivity index (χ3n) is 5.28. The first kappa shape index (κ1) is 18.5. The van der Waals surface area contributed by atoms with Crippen LogP contribution in [0.5, 0.6) is 11.6 Å². The van der Waals surface area contributed by atoms with Gasteiger partial charge in [-0.2, -0.15) is 0 Å². The lowest BCUT2D eigenvalue weighted by atomic mass is 9.95. The first-order chi connectivity index (χ1) is 13.6. The van der Waals surface area contributed by atoms with E-state index in [0.29, 0.717) is 22.4 Å². The maximum absolute atomic E-state index is 13.5. The second-order valence-electron chi connectivity index (χ2n) is 7.26. The van der Waals surface area contributed by atoms with Crippen LogP contribution in [0.2, 0.25) is 0 Å². The molecule has 1 fully saturated rings. The average molecular weight is 381 g/mol. The molecule has 0 amide bonds. The van der Waals surface area contributed by atoms with Gasteiger partial charge in [-0.3, -0.25) is 4.99 Å². The Morgan fingerprint density at radius 2 is 2.07 bits per heavy atom. The Balaban J connectivity index is 1.46. The van der Waals surface area contributed by atoms with Crippen LogP contribution >= 0.6 is 0 Å². The first-order valence-corrected chi connectivity index (χ1v) is 9.62. The minimum atomic E-state index is -0.357. The Morgan fingerprint density at radius 1 is 1.25 bits per heavy atom. The molecule has 1 aliphatic rings. The van der Waals surface area contributed by atoms with E-state index in [-0.39, 0.29) is 17.8 Å². The smallest absolute Gasteiger partial charge is 0.198 e. The summed E-state index contributed by atoms with van der Waals surface area (Å²) >= 11 is 0. The number of aliphatic imine (C=N–C) groups is 1. The molecule has 0 spiro atoms. The number of halogens is 1. The monoisotopic (exact) mass is 381 g/mol. The fraction of sp³-hybridized carbons (Fsp3) is 0.318. The van der Waals surface area contributed by atoms with Gasteiger partial charge < -0.3 is 20.1 Å². The second kappa shape index (κ2) is 8.02. The highest BCUT2D eigenvalue weighted by Crippen LogP contribution is 2.28. The minimum Gasteiger partial charge on any atom is -0.494 e. The third-order valence-corrected chi connectivity index (χ3v) is 5.28. The lowest BCUT2D eigenvalue weighted by Crippen LogP contribution is -2.37. The average Bonchev–Trinajstić information content (AvgIpc) is 3.02. The summed E-state index contributed by atoms with van der Waals surface area (Å²) in [5.41, 5.74) is 1.85. The van der Waals surface area contributed by atoms with Crippen molar-refractivity contribution in [1.82, 2.24) is 10.3 Å². The summed E-state index contributed by atoms with van der Waals surface area (Å²) in [6.07, 6.45) is 4.07. The second-order valence-corrected chi connectivity index (χ2v) is 7.26. The van der Waals surface area contributed by atoms with Gasteiger partial charge in [0.05, 0.1) is 17.4 Å². The van der Waals surface area contributed by atoms with Gasteiger partial charge >= 0.3 is 0 Å². The number of hydrogen-bond donors (Lipinski definition) is 3. The molecule has 0 saturated carbocycles. The molecule has 4 rings (SSSR count). The number of ether oxygens (including phenoxy) is 1. The molecule has 5 nitrogen and oxygen atoms in total. The van der Waals surface area contributed by atoms with E-state index in [2.05, 4.69) is 22.2 Å². The number of fused-ring (bicyclic) bond motifs is 1. The number of hydrogen-bond acceptors (Lipinski definition) is 4. The van der Waals surface area contributed by atoms with Crippen molar-refractivity contribution in [2.45, 2.75) is 25.9 Å². The highest BCUT2D eigenvalue weighted by atomic mass is 19.1. The van der Waals surface area contributed by atoms with E-state index in [1.54, 1.807) is 12.3 Å². The molecular formula is C22H24FN3O2. The van der Waals surface area contributed by atoms with Crippen molar-refractivity contribution in [3.05, 3.63) is 53.8 Å². The number of nitrogens with zero attached hydrogens (tertiary/aromatic N) is 1. The Morgan fingerprint density at radius 3 is 2.82 bits per heavy atom. The van der Waals surface area contributed by atoms with E-state index in [0.717, 1.165) is 24.5 Å². The number of H-pyrrole nitrogens is 1. The normalized spacial score (nSPS) is 18.6. The van der Waals surface area contributed by atoms with E-state index in [1.807, 2.05) is 24.3 Å². The molecular weight excluding hydrogens is 357 g/mol. The molecule has 3 N–H and O–H groups in total. The van der Waals surface area contributed by atoms with Crippen LogP contribution in [0.3, 0.4) is 0 Å². The molecule has 1 saturated heterocycles. The van der Waals surface area contributed by atoms with Gasteiger partial charge in [-0.25, -0.2) is 4.39 Å². The zero-order chi connectivity index (χ0) is 19.5. The fourth-order valence-corrected chi connectivity index (χ4v) is 3.64. The summed E-state index contributed by atoms with van der Waals surface area (Å²) in [4.78, 5) is 7.23. The van der Waals surface area contributed by atoms with Crippen LogP contribution in [0.4, 0.5) is 10.1 Å². The molecule has 3 aromatic rings. The van der Waals surface area contributed by atoms with E-state index in [9.17, 15) is 9.50 Å². The molecule has 28 heavy (non-hydrogen) atoms. The quantitative estimate of drug-likeness (QED) is 0.569. The standard InChI is InChI=1S/C22H24FN3O2/c1-14(15-3-2-10-24-12-15)28-18-7-5-17(6-8-18)25-13-20-19-11-16(23)4-9-21(19)26-22(20)27/h4-9,11,13-15,24,26-27H,2-3,10,12H2,1H3. The van der Waals surface area contributed by atoms with Crippen LogP contribution in [0.25, 0.3) is 10.9 Å². The summed E-state index contributed by atoms with van der Waals surface area (Å²) in [5.74, 6) is 0.954. The van der Waals surface area contributed by atoms with Crippen molar-refractivity contribution in [2.24, 2.45) is 10.9 Å². The van der Waals surface area contributed by atoms with Crippen molar-refractivity contribution in [3.63, 3.8) is 0 Å². The predicted molar refractivity (Wildman–Crippen MR) is 109 cm³/mol. The summed E-state index contributed by atoms with van der Waals surface area (Å²) < 4.78 is 19.6. The van der Waals surface area contributed by atoms with Gasteiger partial charge in [0.25, 0.3) is 0 Å². The fourth-order valence-electron chi connectivity index (χ4n) is 3.64. The molecule has 146 valence electrons. The maximum Gasteiger partial charge on any atom is 0.198 e. The molecule has 2 aromatic carbocycles. The molecule has 2 atom stereocenters. The van der Waals surface area contributed by atoms with Crippen LogP contribution in [0.15, 0.2) is 47.5 Å². The molecule has 2 unspecified atom stereocenters. The van der Waals surface area contributed by atoms with Crippen LogP contribution < -0.4 is 10.1 Å². The van der Waals surface area contributed by atoms with Crippen LogP contribution in [-0.2, 0) is 0 Å². The molecule has 0 aliphatic carbocycles. The number of nitrogens with one attached hydrogen (secondary N) is 2.